The molecule has 0 atom stereocenters. The van der Waals surface area contributed by atoms with Gasteiger partial charge >= 0.3 is 0 Å². The Morgan fingerprint density at radius 3 is 2.52 bits per heavy atom. The number of carbonyl (C=O) groups excluding carboxylic acids is 1. The zero-order valence-corrected chi connectivity index (χ0v) is 16.4. The van der Waals surface area contributed by atoms with Crippen LogP contribution in [-0.4, -0.2) is 41.0 Å². The molecule has 0 unspecified atom stereocenters. The first kappa shape index (κ1) is 19.1. The minimum absolute atomic E-state index is 0.0785. The van der Waals surface area contributed by atoms with Gasteiger partial charge in [0.15, 0.2) is 10.9 Å². The molecule has 0 fully saturated rings. The summed E-state index contributed by atoms with van der Waals surface area (Å²) in [6, 6.07) is 14.2. The number of anilines is 1. The summed E-state index contributed by atoms with van der Waals surface area (Å²) < 4.78 is 26.7. The molecule has 140 valence electrons. The standard InChI is InChI=1S/C18H18N4O3S2/c1-13-5-3-4-6-16(13)22-12-19-20-18(22)26-11-17(23)14-7-9-15(10-8-14)21-27(2,24)25/h3-10,12,21H,11H2,1-2H3. The molecule has 3 aromatic rings. The van der Waals surface area contributed by atoms with Crippen LogP contribution in [0, 0.1) is 6.92 Å². The molecule has 1 aromatic heterocycles. The highest BCUT2D eigenvalue weighted by atomic mass is 32.2. The van der Waals surface area contributed by atoms with Crippen molar-refractivity contribution in [1.29, 1.82) is 0 Å². The lowest BCUT2D eigenvalue weighted by atomic mass is 10.1. The van der Waals surface area contributed by atoms with Crippen molar-refractivity contribution in [3.05, 3.63) is 66.0 Å². The van der Waals surface area contributed by atoms with Gasteiger partial charge in [-0.3, -0.25) is 14.1 Å². The Bertz CT molecular complexity index is 1060. The van der Waals surface area contributed by atoms with Crippen molar-refractivity contribution in [3.63, 3.8) is 0 Å². The minimum atomic E-state index is -3.34. The topological polar surface area (TPSA) is 93.9 Å². The van der Waals surface area contributed by atoms with E-state index in [-0.39, 0.29) is 11.5 Å². The summed E-state index contributed by atoms with van der Waals surface area (Å²) in [5.41, 5.74) is 2.97. The summed E-state index contributed by atoms with van der Waals surface area (Å²) in [4.78, 5) is 12.4. The maximum Gasteiger partial charge on any atom is 0.229 e. The molecule has 0 aliphatic heterocycles. The molecule has 9 heteroatoms. The molecule has 1 heterocycles. The third kappa shape index (κ3) is 4.95. The number of hydrogen-bond acceptors (Lipinski definition) is 6. The van der Waals surface area contributed by atoms with E-state index in [1.54, 1.807) is 30.6 Å². The SMILES string of the molecule is Cc1ccccc1-n1cnnc1SCC(=O)c1ccc(NS(C)(=O)=O)cc1. The fourth-order valence-electron chi connectivity index (χ4n) is 2.47. The van der Waals surface area contributed by atoms with E-state index >= 15 is 0 Å². The average Bonchev–Trinajstić information content (AvgIpc) is 3.07. The second-order valence-corrected chi connectivity index (χ2v) is 8.62. The van der Waals surface area contributed by atoms with E-state index in [2.05, 4.69) is 14.9 Å². The number of Topliss-reactive ketones (excluding diaryl/α,β-unsaturated/α-hetero) is 1. The molecule has 0 amide bonds. The van der Waals surface area contributed by atoms with E-state index in [0.717, 1.165) is 17.5 Å². The van der Waals surface area contributed by atoms with Crippen molar-refractivity contribution in [2.75, 3.05) is 16.7 Å². The highest BCUT2D eigenvalue weighted by Crippen LogP contribution is 2.23. The summed E-state index contributed by atoms with van der Waals surface area (Å²) in [5.74, 6) is 0.119. The van der Waals surface area contributed by atoms with E-state index in [1.807, 2.05) is 35.8 Å². The molecule has 0 aliphatic rings. The number of rotatable bonds is 7. The van der Waals surface area contributed by atoms with Gasteiger partial charge < -0.3 is 0 Å². The molecule has 1 N–H and O–H groups in total. The first-order chi connectivity index (χ1) is 12.8. The number of hydrogen-bond donors (Lipinski definition) is 1. The summed E-state index contributed by atoms with van der Waals surface area (Å²) in [6.07, 6.45) is 2.70. The van der Waals surface area contributed by atoms with Crippen molar-refractivity contribution in [3.8, 4) is 5.69 Å². The molecule has 27 heavy (non-hydrogen) atoms. The molecule has 0 spiro atoms. The van der Waals surface area contributed by atoms with E-state index < -0.39 is 10.0 Å². The molecule has 0 radical (unpaired) electrons. The van der Waals surface area contributed by atoms with Gasteiger partial charge in [0.1, 0.15) is 6.33 Å². The van der Waals surface area contributed by atoms with Crippen molar-refractivity contribution in [2.24, 2.45) is 0 Å². The third-order valence-electron chi connectivity index (χ3n) is 3.73. The smallest absolute Gasteiger partial charge is 0.229 e. The van der Waals surface area contributed by atoms with Crippen LogP contribution in [0.1, 0.15) is 15.9 Å². The van der Waals surface area contributed by atoms with Crippen LogP contribution in [-0.2, 0) is 10.0 Å². The minimum Gasteiger partial charge on any atom is -0.293 e. The molecule has 2 aromatic carbocycles. The number of nitrogens with one attached hydrogen (secondary N) is 1. The third-order valence-corrected chi connectivity index (χ3v) is 5.28. The highest BCUT2D eigenvalue weighted by molar-refractivity contribution is 7.99. The number of aryl methyl sites for hydroxylation is 1. The number of sulfonamides is 1. The molecule has 0 aliphatic carbocycles. The number of nitrogens with zero attached hydrogens (tertiary/aromatic N) is 3. The first-order valence-corrected chi connectivity index (χ1v) is 10.9. The number of para-hydroxylation sites is 1. The highest BCUT2D eigenvalue weighted by Gasteiger charge is 2.13. The lowest BCUT2D eigenvalue weighted by Crippen LogP contribution is -2.10. The van der Waals surface area contributed by atoms with Crippen LogP contribution < -0.4 is 4.72 Å². The van der Waals surface area contributed by atoms with Crippen molar-refractivity contribution in [2.45, 2.75) is 12.1 Å². The zero-order chi connectivity index (χ0) is 19.4. The molecular formula is C18H18N4O3S2. The molecular weight excluding hydrogens is 384 g/mol. The monoisotopic (exact) mass is 402 g/mol. The first-order valence-electron chi connectivity index (χ1n) is 8.03. The summed E-state index contributed by atoms with van der Waals surface area (Å²) >= 11 is 1.30. The average molecular weight is 403 g/mol. The Labute approximate surface area is 161 Å². The number of ketones is 1. The van der Waals surface area contributed by atoms with E-state index in [9.17, 15) is 13.2 Å². The quantitative estimate of drug-likeness (QED) is 0.482. The molecule has 3 rings (SSSR count). The normalized spacial score (nSPS) is 11.3. The van der Waals surface area contributed by atoms with Gasteiger partial charge in [0.25, 0.3) is 0 Å². The van der Waals surface area contributed by atoms with Crippen LogP contribution in [0.5, 0.6) is 0 Å². The second-order valence-electron chi connectivity index (χ2n) is 5.93. The van der Waals surface area contributed by atoms with E-state index in [0.29, 0.717) is 16.4 Å². The van der Waals surface area contributed by atoms with Crippen LogP contribution in [0.4, 0.5) is 5.69 Å². The maximum atomic E-state index is 12.4. The van der Waals surface area contributed by atoms with Gasteiger partial charge in [-0.2, -0.15) is 0 Å². The number of thioether (sulfide) groups is 1. The van der Waals surface area contributed by atoms with Crippen molar-refractivity contribution < 1.29 is 13.2 Å². The Morgan fingerprint density at radius 1 is 1.15 bits per heavy atom. The number of benzene rings is 2. The Hall–Kier alpha value is -2.65. The second kappa shape index (κ2) is 7.93. The fraction of sp³-hybridized carbons (Fsp3) is 0.167. The predicted octanol–water partition coefficient (Wildman–Crippen LogP) is 2.92. The van der Waals surface area contributed by atoms with Crippen LogP contribution in [0.3, 0.4) is 0 Å². The Kier molecular flexibility index (Phi) is 5.62. The summed E-state index contributed by atoms with van der Waals surface area (Å²) in [5, 5.41) is 8.68. The summed E-state index contributed by atoms with van der Waals surface area (Å²) in [6.45, 7) is 2.00. The Balaban J connectivity index is 1.69. The van der Waals surface area contributed by atoms with Gasteiger partial charge in [0.2, 0.25) is 10.0 Å². The lowest BCUT2D eigenvalue weighted by molar-refractivity contribution is 0.102. The lowest BCUT2D eigenvalue weighted by Gasteiger charge is -2.09. The fourth-order valence-corrected chi connectivity index (χ4v) is 3.85. The van der Waals surface area contributed by atoms with Gasteiger partial charge in [-0.05, 0) is 42.8 Å². The van der Waals surface area contributed by atoms with Gasteiger partial charge in [-0.25, -0.2) is 8.42 Å². The number of aromatic nitrogens is 3. The zero-order valence-electron chi connectivity index (χ0n) is 14.8. The Morgan fingerprint density at radius 2 is 1.85 bits per heavy atom. The van der Waals surface area contributed by atoms with Crippen LogP contribution in [0.25, 0.3) is 5.69 Å². The summed E-state index contributed by atoms with van der Waals surface area (Å²) in [7, 11) is -3.34. The number of carbonyl (C=O) groups is 1. The van der Waals surface area contributed by atoms with Crippen molar-refractivity contribution >= 4 is 33.3 Å². The molecule has 0 saturated carbocycles. The van der Waals surface area contributed by atoms with Gasteiger partial charge in [0.05, 0.1) is 17.7 Å². The van der Waals surface area contributed by atoms with Crippen LogP contribution in [0.2, 0.25) is 0 Å². The van der Waals surface area contributed by atoms with E-state index in [1.165, 1.54) is 11.8 Å². The van der Waals surface area contributed by atoms with Gasteiger partial charge in [-0.1, -0.05) is 30.0 Å². The predicted molar refractivity (Wildman–Crippen MR) is 106 cm³/mol. The largest absolute Gasteiger partial charge is 0.293 e. The van der Waals surface area contributed by atoms with Crippen LogP contribution in [0.15, 0.2) is 60.0 Å². The molecule has 0 bridgehead atoms. The van der Waals surface area contributed by atoms with Gasteiger partial charge in [0, 0.05) is 11.3 Å². The van der Waals surface area contributed by atoms with E-state index in [4.69, 9.17) is 0 Å². The molecule has 0 saturated heterocycles. The van der Waals surface area contributed by atoms with Gasteiger partial charge in [-0.15, -0.1) is 10.2 Å². The molecule has 7 nitrogen and oxygen atoms in total. The van der Waals surface area contributed by atoms with Crippen molar-refractivity contribution in [1.82, 2.24) is 14.8 Å². The maximum absolute atomic E-state index is 12.4. The van der Waals surface area contributed by atoms with Crippen LogP contribution >= 0.6 is 11.8 Å².